The second-order valence-corrected chi connectivity index (χ2v) is 5.86. The minimum atomic E-state index is -0.570. The van der Waals surface area contributed by atoms with Crippen molar-refractivity contribution >= 4 is 33.0 Å². The molecule has 106 valence electrons. The number of nitrogens with one attached hydrogen (secondary N) is 1. The van der Waals surface area contributed by atoms with Crippen LogP contribution in [0.1, 0.15) is 4.88 Å². The summed E-state index contributed by atoms with van der Waals surface area (Å²) >= 11 is 5.00. The second kappa shape index (κ2) is 6.73. The van der Waals surface area contributed by atoms with E-state index in [9.17, 15) is 14.9 Å². The summed E-state index contributed by atoms with van der Waals surface area (Å²) in [5.74, 6) is 0. The van der Waals surface area contributed by atoms with Crippen LogP contribution < -0.4 is 11.0 Å². The number of thiophene rings is 1. The molecule has 0 atom stereocenters. The molecule has 0 aliphatic rings. The summed E-state index contributed by atoms with van der Waals surface area (Å²) in [6.45, 7) is 1.55. The van der Waals surface area contributed by atoms with Crippen LogP contribution in [0.25, 0.3) is 0 Å². The van der Waals surface area contributed by atoms with E-state index >= 15 is 0 Å². The molecular weight excluding hydrogens is 348 g/mol. The molecule has 7 nitrogen and oxygen atoms in total. The molecule has 2 aromatic rings. The smallest absolute Gasteiger partial charge is 0.310 e. The fourth-order valence-electron chi connectivity index (χ4n) is 1.56. The number of hydrogen-bond donors (Lipinski definition) is 1. The van der Waals surface area contributed by atoms with Gasteiger partial charge in [0, 0.05) is 34.4 Å². The van der Waals surface area contributed by atoms with Crippen molar-refractivity contribution in [3.8, 4) is 0 Å². The molecule has 0 saturated carbocycles. The van der Waals surface area contributed by atoms with Crippen molar-refractivity contribution in [2.75, 3.05) is 6.54 Å². The summed E-state index contributed by atoms with van der Waals surface area (Å²) in [5, 5.41) is 15.8. The summed E-state index contributed by atoms with van der Waals surface area (Å²) in [6.07, 6.45) is 2.17. The molecule has 0 fully saturated rings. The summed E-state index contributed by atoms with van der Waals surface area (Å²) < 4.78 is 2.27. The maximum Gasteiger partial charge on any atom is 0.348 e. The van der Waals surface area contributed by atoms with E-state index in [1.54, 1.807) is 11.3 Å². The van der Waals surface area contributed by atoms with E-state index in [2.05, 4.69) is 26.2 Å². The first kappa shape index (κ1) is 14.8. The van der Waals surface area contributed by atoms with Crippen LogP contribution in [0.5, 0.6) is 0 Å². The summed E-state index contributed by atoms with van der Waals surface area (Å²) in [7, 11) is 0. The molecule has 1 N–H and O–H groups in total. The Labute approximate surface area is 126 Å². The molecule has 0 radical (unpaired) electrons. The maximum absolute atomic E-state index is 11.5. The van der Waals surface area contributed by atoms with E-state index in [-0.39, 0.29) is 5.69 Å². The molecule has 0 spiro atoms. The number of hydrogen-bond acceptors (Lipinski definition) is 6. The SMILES string of the molecule is O=c1ncc([N+](=O)[O-])cn1CCNCc1cc(Br)cs1. The fourth-order valence-corrected chi connectivity index (χ4v) is 2.98. The van der Waals surface area contributed by atoms with Gasteiger partial charge in [0.1, 0.15) is 6.20 Å². The quantitative estimate of drug-likeness (QED) is 0.482. The van der Waals surface area contributed by atoms with Gasteiger partial charge in [-0.25, -0.2) is 4.79 Å². The van der Waals surface area contributed by atoms with Gasteiger partial charge < -0.3 is 5.32 Å². The molecule has 9 heteroatoms. The third-order valence-electron chi connectivity index (χ3n) is 2.50. The van der Waals surface area contributed by atoms with Gasteiger partial charge >= 0.3 is 11.4 Å². The molecule has 0 amide bonds. The van der Waals surface area contributed by atoms with Crippen molar-refractivity contribution < 1.29 is 4.92 Å². The Bertz CT molecular complexity index is 670. The molecule has 0 bridgehead atoms. The topological polar surface area (TPSA) is 90.1 Å². The zero-order valence-corrected chi connectivity index (χ0v) is 12.7. The molecule has 20 heavy (non-hydrogen) atoms. The van der Waals surface area contributed by atoms with Crippen LogP contribution in [0.3, 0.4) is 0 Å². The normalized spacial score (nSPS) is 10.7. The number of halogens is 1. The van der Waals surface area contributed by atoms with Gasteiger partial charge in [-0.3, -0.25) is 14.7 Å². The minimum absolute atomic E-state index is 0.188. The zero-order chi connectivity index (χ0) is 14.5. The van der Waals surface area contributed by atoms with Crippen LogP contribution in [-0.2, 0) is 13.1 Å². The Morgan fingerprint density at radius 3 is 3.00 bits per heavy atom. The molecule has 0 unspecified atom stereocenters. The van der Waals surface area contributed by atoms with Gasteiger partial charge in [-0.2, -0.15) is 4.98 Å². The van der Waals surface area contributed by atoms with E-state index in [0.29, 0.717) is 19.6 Å². The summed E-state index contributed by atoms with van der Waals surface area (Å²) in [6, 6.07) is 2.01. The monoisotopic (exact) mass is 358 g/mol. The largest absolute Gasteiger partial charge is 0.348 e. The average Bonchev–Trinajstić information content (AvgIpc) is 2.82. The Hall–Kier alpha value is -1.58. The lowest BCUT2D eigenvalue weighted by atomic mass is 10.4. The molecule has 0 aromatic carbocycles. The summed E-state index contributed by atoms with van der Waals surface area (Å²) in [4.78, 5) is 26.1. The molecular formula is C11H11BrN4O3S. The van der Waals surface area contributed by atoms with Gasteiger partial charge in [0.05, 0.1) is 11.1 Å². The molecule has 0 saturated heterocycles. The Morgan fingerprint density at radius 1 is 1.55 bits per heavy atom. The first-order chi connectivity index (χ1) is 9.56. The lowest BCUT2D eigenvalue weighted by molar-refractivity contribution is -0.385. The average molecular weight is 359 g/mol. The van der Waals surface area contributed by atoms with Gasteiger partial charge in [0.25, 0.3) is 0 Å². The molecule has 2 heterocycles. The maximum atomic E-state index is 11.5. The highest BCUT2D eigenvalue weighted by Gasteiger charge is 2.08. The van der Waals surface area contributed by atoms with Crippen molar-refractivity contribution in [3.63, 3.8) is 0 Å². The van der Waals surface area contributed by atoms with E-state index in [4.69, 9.17) is 0 Å². The number of aromatic nitrogens is 2. The third-order valence-corrected chi connectivity index (χ3v) is 4.20. The van der Waals surface area contributed by atoms with Gasteiger partial charge in [0.2, 0.25) is 0 Å². The highest BCUT2D eigenvalue weighted by atomic mass is 79.9. The summed E-state index contributed by atoms with van der Waals surface area (Å²) in [5.41, 5.74) is -0.678. The predicted octanol–water partition coefficient (Wildman–Crippen LogP) is 1.77. The van der Waals surface area contributed by atoms with E-state index in [1.165, 1.54) is 15.6 Å². The van der Waals surface area contributed by atoms with Gasteiger partial charge in [0.15, 0.2) is 0 Å². The van der Waals surface area contributed by atoms with Gasteiger partial charge in [-0.05, 0) is 22.0 Å². The first-order valence-corrected chi connectivity index (χ1v) is 7.38. The van der Waals surface area contributed by atoms with Crippen LogP contribution >= 0.6 is 27.3 Å². The molecule has 0 aliphatic carbocycles. The second-order valence-electron chi connectivity index (χ2n) is 3.95. The van der Waals surface area contributed by atoms with Crippen LogP contribution in [0, 0.1) is 10.1 Å². The van der Waals surface area contributed by atoms with E-state index in [0.717, 1.165) is 10.7 Å². The minimum Gasteiger partial charge on any atom is -0.310 e. The van der Waals surface area contributed by atoms with Crippen molar-refractivity contribution in [2.24, 2.45) is 0 Å². The highest BCUT2D eigenvalue weighted by molar-refractivity contribution is 9.10. The van der Waals surface area contributed by atoms with Crippen LogP contribution in [-0.4, -0.2) is 21.0 Å². The Kier molecular flexibility index (Phi) is 4.99. The molecule has 2 rings (SSSR count). The predicted molar refractivity (Wildman–Crippen MR) is 78.9 cm³/mol. The molecule has 2 aromatic heterocycles. The Morgan fingerprint density at radius 2 is 2.35 bits per heavy atom. The highest BCUT2D eigenvalue weighted by Crippen LogP contribution is 2.19. The van der Waals surface area contributed by atoms with Crippen molar-refractivity contribution in [1.82, 2.24) is 14.9 Å². The number of rotatable bonds is 6. The molecule has 0 aliphatic heterocycles. The van der Waals surface area contributed by atoms with Crippen molar-refractivity contribution in [2.45, 2.75) is 13.1 Å². The fraction of sp³-hybridized carbons (Fsp3) is 0.273. The van der Waals surface area contributed by atoms with Gasteiger partial charge in [-0.1, -0.05) is 0 Å². The Balaban J connectivity index is 1.89. The first-order valence-electron chi connectivity index (χ1n) is 5.71. The van der Waals surface area contributed by atoms with Gasteiger partial charge in [-0.15, -0.1) is 11.3 Å². The third kappa shape index (κ3) is 3.95. The van der Waals surface area contributed by atoms with E-state index in [1.807, 2.05) is 11.4 Å². The lowest BCUT2D eigenvalue weighted by Gasteiger charge is -2.05. The van der Waals surface area contributed by atoms with Crippen LogP contribution in [0.4, 0.5) is 5.69 Å². The zero-order valence-electron chi connectivity index (χ0n) is 10.3. The number of nitrogens with zero attached hydrogens (tertiary/aromatic N) is 3. The van der Waals surface area contributed by atoms with Crippen LogP contribution in [0.2, 0.25) is 0 Å². The van der Waals surface area contributed by atoms with Crippen molar-refractivity contribution in [1.29, 1.82) is 0 Å². The standard InChI is InChI=1S/C11H11BrN4O3S/c12-8-3-10(20-7-8)5-13-1-2-15-6-9(16(18)19)4-14-11(15)17/h3-4,6-7,13H,1-2,5H2. The van der Waals surface area contributed by atoms with Crippen molar-refractivity contribution in [3.05, 3.63) is 53.8 Å². The number of nitro groups is 1. The van der Waals surface area contributed by atoms with Crippen LogP contribution in [0.15, 0.2) is 33.1 Å². The lowest BCUT2D eigenvalue weighted by Crippen LogP contribution is -2.28. The van der Waals surface area contributed by atoms with E-state index < -0.39 is 10.6 Å².